The topological polar surface area (TPSA) is 96.6 Å². The molecule has 1 rings (SSSR count). The highest BCUT2D eigenvalue weighted by molar-refractivity contribution is 5.67. The number of rotatable bonds is 5. The molecule has 1 heterocycles. The number of carboxylic acids is 1. The first-order chi connectivity index (χ1) is 7.91. The highest BCUT2D eigenvalue weighted by Gasteiger charge is 2.12. The third-order valence-corrected chi connectivity index (χ3v) is 2.27. The molecule has 0 aromatic carbocycles. The number of anilines is 1. The smallest absolute Gasteiger partial charge is 0.305 e. The largest absolute Gasteiger partial charge is 0.481 e. The molecule has 0 atom stereocenters. The van der Waals surface area contributed by atoms with Gasteiger partial charge in [0.05, 0.1) is 11.3 Å². The lowest BCUT2D eigenvalue weighted by atomic mass is 10.2. The number of aliphatic carboxylic acids is 1. The Bertz CT molecular complexity index is 447. The maximum atomic E-state index is 10.5. The molecular weight excluding hydrogens is 226 g/mol. The van der Waals surface area contributed by atoms with E-state index in [0.29, 0.717) is 17.9 Å². The molecule has 0 saturated heterocycles. The van der Waals surface area contributed by atoms with E-state index in [1.807, 2.05) is 0 Å². The van der Waals surface area contributed by atoms with Crippen molar-refractivity contribution in [1.29, 1.82) is 0 Å². The Morgan fingerprint density at radius 2 is 2.29 bits per heavy atom. The van der Waals surface area contributed by atoms with Crippen LogP contribution in [0.3, 0.4) is 0 Å². The SMILES string of the molecule is Cc1cc([N+](=O)[O-])cnc1N(C)CCC(=O)O. The predicted molar refractivity (Wildman–Crippen MR) is 61.2 cm³/mol. The fraction of sp³-hybridized carbons (Fsp3) is 0.400. The Hall–Kier alpha value is -2.18. The summed E-state index contributed by atoms with van der Waals surface area (Å²) in [6.45, 7) is 2.01. The second-order valence-electron chi connectivity index (χ2n) is 3.66. The second-order valence-corrected chi connectivity index (χ2v) is 3.66. The van der Waals surface area contributed by atoms with Crippen LogP contribution in [0.2, 0.25) is 0 Å². The van der Waals surface area contributed by atoms with E-state index in [9.17, 15) is 14.9 Å². The summed E-state index contributed by atoms with van der Waals surface area (Å²) < 4.78 is 0. The summed E-state index contributed by atoms with van der Waals surface area (Å²) in [5.41, 5.74) is 0.574. The average molecular weight is 239 g/mol. The number of hydrogen-bond donors (Lipinski definition) is 1. The van der Waals surface area contributed by atoms with Crippen molar-refractivity contribution >= 4 is 17.5 Å². The normalized spacial score (nSPS) is 10.0. The van der Waals surface area contributed by atoms with Gasteiger partial charge in [-0.25, -0.2) is 4.98 Å². The van der Waals surface area contributed by atoms with Crippen LogP contribution in [0.1, 0.15) is 12.0 Å². The number of carbonyl (C=O) groups is 1. The van der Waals surface area contributed by atoms with E-state index in [2.05, 4.69) is 4.98 Å². The monoisotopic (exact) mass is 239 g/mol. The van der Waals surface area contributed by atoms with Crippen LogP contribution >= 0.6 is 0 Å². The maximum absolute atomic E-state index is 10.5. The second kappa shape index (κ2) is 5.24. The standard InChI is InChI=1S/C10H13N3O4/c1-7-5-8(13(16)17)6-11-10(7)12(2)4-3-9(14)15/h5-6H,3-4H2,1-2H3,(H,14,15). The number of carboxylic acid groups (broad SMARTS) is 1. The summed E-state index contributed by atoms with van der Waals surface area (Å²) in [6, 6.07) is 1.42. The number of hydrogen-bond acceptors (Lipinski definition) is 5. The van der Waals surface area contributed by atoms with Crippen molar-refractivity contribution in [2.45, 2.75) is 13.3 Å². The van der Waals surface area contributed by atoms with E-state index in [1.54, 1.807) is 18.9 Å². The van der Waals surface area contributed by atoms with Crippen LogP contribution in [-0.4, -0.2) is 34.6 Å². The molecule has 1 aromatic rings. The van der Waals surface area contributed by atoms with Gasteiger partial charge in [0.1, 0.15) is 12.0 Å². The maximum Gasteiger partial charge on any atom is 0.305 e. The fourth-order valence-electron chi connectivity index (χ4n) is 1.42. The van der Waals surface area contributed by atoms with Crippen molar-refractivity contribution < 1.29 is 14.8 Å². The van der Waals surface area contributed by atoms with Crippen LogP contribution in [0.4, 0.5) is 11.5 Å². The number of nitro groups is 1. The summed E-state index contributed by atoms with van der Waals surface area (Å²) in [7, 11) is 1.70. The zero-order valence-corrected chi connectivity index (χ0v) is 9.58. The fourth-order valence-corrected chi connectivity index (χ4v) is 1.42. The summed E-state index contributed by atoms with van der Waals surface area (Å²) in [4.78, 5) is 26.1. The lowest BCUT2D eigenvalue weighted by molar-refractivity contribution is -0.385. The van der Waals surface area contributed by atoms with Gasteiger partial charge in [-0.2, -0.15) is 0 Å². The van der Waals surface area contributed by atoms with E-state index in [0.717, 1.165) is 0 Å². The van der Waals surface area contributed by atoms with Gasteiger partial charge in [-0.15, -0.1) is 0 Å². The molecule has 0 aliphatic rings. The molecule has 0 aliphatic heterocycles. The quantitative estimate of drug-likeness (QED) is 0.612. The van der Waals surface area contributed by atoms with Crippen LogP contribution in [0.5, 0.6) is 0 Å². The molecule has 0 amide bonds. The Labute approximate surface area is 97.8 Å². The summed E-state index contributed by atoms with van der Waals surface area (Å²) in [6.07, 6.45) is 1.16. The van der Waals surface area contributed by atoms with Crippen molar-refractivity contribution in [1.82, 2.24) is 4.98 Å². The highest BCUT2D eigenvalue weighted by atomic mass is 16.6. The molecule has 0 fully saturated rings. The van der Waals surface area contributed by atoms with Crippen molar-refractivity contribution in [2.24, 2.45) is 0 Å². The first-order valence-electron chi connectivity index (χ1n) is 4.95. The molecule has 17 heavy (non-hydrogen) atoms. The molecular formula is C10H13N3O4. The van der Waals surface area contributed by atoms with Crippen LogP contribution in [-0.2, 0) is 4.79 Å². The Balaban J connectivity index is 2.84. The third kappa shape index (κ3) is 3.40. The van der Waals surface area contributed by atoms with Gasteiger partial charge in [-0.1, -0.05) is 0 Å². The van der Waals surface area contributed by atoms with Gasteiger partial charge in [0, 0.05) is 19.7 Å². The first-order valence-corrected chi connectivity index (χ1v) is 4.95. The Kier molecular flexibility index (Phi) is 3.97. The zero-order chi connectivity index (χ0) is 13.0. The lowest BCUT2D eigenvalue weighted by Gasteiger charge is -2.18. The minimum absolute atomic E-state index is 0.00535. The summed E-state index contributed by atoms with van der Waals surface area (Å²) >= 11 is 0. The van der Waals surface area contributed by atoms with E-state index in [1.165, 1.54) is 12.3 Å². The lowest BCUT2D eigenvalue weighted by Crippen LogP contribution is -2.22. The van der Waals surface area contributed by atoms with Gasteiger partial charge in [0.2, 0.25) is 0 Å². The van der Waals surface area contributed by atoms with Crippen LogP contribution in [0.15, 0.2) is 12.3 Å². The summed E-state index contributed by atoms with van der Waals surface area (Å²) in [5.74, 6) is -0.340. The number of nitrogens with zero attached hydrogens (tertiary/aromatic N) is 3. The summed E-state index contributed by atoms with van der Waals surface area (Å²) in [5, 5.41) is 19.1. The minimum Gasteiger partial charge on any atom is -0.481 e. The van der Waals surface area contributed by atoms with Crippen molar-refractivity contribution in [3.63, 3.8) is 0 Å². The Morgan fingerprint density at radius 1 is 1.65 bits per heavy atom. The third-order valence-electron chi connectivity index (χ3n) is 2.27. The average Bonchev–Trinajstić information content (AvgIpc) is 2.25. The van der Waals surface area contributed by atoms with Gasteiger partial charge >= 0.3 is 5.97 Å². The Morgan fingerprint density at radius 3 is 2.76 bits per heavy atom. The molecule has 1 N–H and O–H groups in total. The van der Waals surface area contributed by atoms with Crippen molar-refractivity contribution in [3.8, 4) is 0 Å². The molecule has 0 saturated carbocycles. The molecule has 0 bridgehead atoms. The van der Waals surface area contributed by atoms with Crippen LogP contribution in [0, 0.1) is 17.0 Å². The van der Waals surface area contributed by atoms with Crippen molar-refractivity contribution in [3.05, 3.63) is 27.9 Å². The van der Waals surface area contributed by atoms with E-state index in [4.69, 9.17) is 5.11 Å². The van der Waals surface area contributed by atoms with Gasteiger partial charge < -0.3 is 10.0 Å². The molecule has 0 unspecified atom stereocenters. The molecule has 0 aliphatic carbocycles. The first kappa shape index (κ1) is 12.9. The van der Waals surface area contributed by atoms with Gasteiger partial charge in [-0.05, 0) is 12.5 Å². The van der Waals surface area contributed by atoms with E-state index in [-0.39, 0.29) is 12.1 Å². The number of aryl methyl sites for hydroxylation is 1. The van der Waals surface area contributed by atoms with Gasteiger partial charge in [0.15, 0.2) is 0 Å². The number of pyridine rings is 1. The van der Waals surface area contributed by atoms with Crippen molar-refractivity contribution in [2.75, 3.05) is 18.5 Å². The van der Waals surface area contributed by atoms with Gasteiger partial charge in [0.25, 0.3) is 5.69 Å². The minimum atomic E-state index is -0.892. The molecule has 0 spiro atoms. The van der Waals surface area contributed by atoms with E-state index >= 15 is 0 Å². The highest BCUT2D eigenvalue weighted by Crippen LogP contribution is 2.20. The molecule has 7 nitrogen and oxygen atoms in total. The zero-order valence-electron chi connectivity index (χ0n) is 9.58. The van der Waals surface area contributed by atoms with Crippen LogP contribution < -0.4 is 4.90 Å². The van der Waals surface area contributed by atoms with E-state index < -0.39 is 10.9 Å². The van der Waals surface area contributed by atoms with Gasteiger partial charge in [-0.3, -0.25) is 14.9 Å². The molecule has 0 radical (unpaired) electrons. The molecule has 1 aromatic heterocycles. The predicted octanol–water partition coefficient (Wildman–Crippen LogP) is 1.21. The number of aromatic nitrogens is 1. The molecule has 7 heteroatoms. The van der Waals surface area contributed by atoms with Crippen LogP contribution in [0.25, 0.3) is 0 Å². The molecule has 92 valence electrons.